The van der Waals surface area contributed by atoms with Gasteiger partial charge in [0.1, 0.15) is 5.54 Å². The third-order valence-corrected chi connectivity index (χ3v) is 3.72. The Hall–Kier alpha value is -1.10. The molecule has 1 fully saturated rings. The molecule has 104 valence electrons. The average Bonchev–Trinajstić information content (AvgIpc) is 2.25. The van der Waals surface area contributed by atoms with Gasteiger partial charge in [-0.3, -0.25) is 4.79 Å². The van der Waals surface area contributed by atoms with E-state index in [9.17, 15) is 9.59 Å². The highest BCUT2D eigenvalue weighted by Crippen LogP contribution is 2.20. The van der Waals surface area contributed by atoms with Crippen LogP contribution in [-0.2, 0) is 14.3 Å². The number of hydrogen-bond donors (Lipinski definition) is 2. The first-order valence-electron chi connectivity index (χ1n) is 6.55. The summed E-state index contributed by atoms with van der Waals surface area (Å²) in [5, 5.41) is 6.00. The molecule has 1 heterocycles. The zero-order valence-electron chi connectivity index (χ0n) is 11.7. The molecule has 1 saturated heterocycles. The molecule has 0 saturated carbocycles. The van der Waals surface area contributed by atoms with Crippen LogP contribution in [0.5, 0.6) is 0 Å². The number of methoxy groups -OCH3 is 1. The fourth-order valence-electron chi connectivity index (χ4n) is 2.21. The number of amides is 1. The van der Waals surface area contributed by atoms with Gasteiger partial charge >= 0.3 is 5.97 Å². The van der Waals surface area contributed by atoms with Crippen LogP contribution in [0.25, 0.3) is 0 Å². The molecular formula is C13H24N2O3. The second-order valence-corrected chi connectivity index (χ2v) is 5.27. The van der Waals surface area contributed by atoms with Crippen LogP contribution in [0.4, 0.5) is 0 Å². The minimum absolute atomic E-state index is 0.0668. The van der Waals surface area contributed by atoms with E-state index in [-0.39, 0.29) is 17.8 Å². The molecule has 2 unspecified atom stereocenters. The topological polar surface area (TPSA) is 67.4 Å². The lowest BCUT2D eigenvalue weighted by atomic mass is 9.87. The third kappa shape index (κ3) is 3.22. The van der Waals surface area contributed by atoms with Crippen LogP contribution in [-0.4, -0.2) is 37.6 Å². The largest absolute Gasteiger partial charge is 0.467 e. The molecule has 0 aromatic carbocycles. The lowest BCUT2D eigenvalue weighted by Crippen LogP contribution is -2.57. The summed E-state index contributed by atoms with van der Waals surface area (Å²) < 4.78 is 4.78. The van der Waals surface area contributed by atoms with Crippen molar-refractivity contribution in [3.63, 3.8) is 0 Å². The fraction of sp³-hybridized carbons (Fsp3) is 0.846. The van der Waals surface area contributed by atoms with Gasteiger partial charge in [-0.1, -0.05) is 20.3 Å². The molecule has 1 rings (SSSR count). The SMILES string of the molecule is CCCC(C)(NC(=O)C(C)C1CNC1)C(=O)OC. The van der Waals surface area contributed by atoms with Crippen molar-refractivity contribution in [1.29, 1.82) is 0 Å². The molecular weight excluding hydrogens is 232 g/mol. The summed E-state index contributed by atoms with van der Waals surface area (Å²) in [4.78, 5) is 23.9. The van der Waals surface area contributed by atoms with Gasteiger partial charge in [0.05, 0.1) is 7.11 Å². The van der Waals surface area contributed by atoms with Crippen molar-refractivity contribution in [2.45, 2.75) is 39.2 Å². The summed E-state index contributed by atoms with van der Waals surface area (Å²) in [5.74, 6) is -0.153. The Balaban J connectivity index is 2.64. The van der Waals surface area contributed by atoms with Crippen LogP contribution in [0.15, 0.2) is 0 Å². The molecule has 1 aliphatic heterocycles. The predicted octanol–water partition coefficient (Wildman–Crippen LogP) is 0.690. The first-order chi connectivity index (χ1) is 8.44. The van der Waals surface area contributed by atoms with Crippen LogP contribution in [0.1, 0.15) is 33.6 Å². The zero-order chi connectivity index (χ0) is 13.8. The molecule has 18 heavy (non-hydrogen) atoms. The average molecular weight is 256 g/mol. The maximum Gasteiger partial charge on any atom is 0.331 e. The molecule has 2 N–H and O–H groups in total. The summed E-state index contributed by atoms with van der Waals surface area (Å²) in [6, 6.07) is 0. The van der Waals surface area contributed by atoms with Gasteiger partial charge in [-0.15, -0.1) is 0 Å². The summed E-state index contributed by atoms with van der Waals surface area (Å²) >= 11 is 0. The van der Waals surface area contributed by atoms with Crippen LogP contribution >= 0.6 is 0 Å². The molecule has 5 nitrogen and oxygen atoms in total. The van der Waals surface area contributed by atoms with Crippen LogP contribution in [0.3, 0.4) is 0 Å². The minimum atomic E-state index is -0.911. The lowest BCUT2D eigenvalue weighted by molar-refractivity contribution is -0.151. The van der Waals surface area contributed by atoms with E-state index in [1.54, 1.807) is 6.92 Å². The number of nitrogens with one attached hydrogen (secondary N) is 2. The second kappa shape index (κ2) is 6.18. The number of esters is 1. The van der Waals surface area contributed by atoms with Gasteiger partial charge in [0, 0.05) is 5.92 Å². The molecule has 0 bridgehead atoms. The van der Waals surface area contributed by atoms with Gasteiger partial charge in [0.15, 0.2) is 0 Å². The van der Waals surface area contributed by atoms with Gasteiger partial charge in [0.2, 0.25) is 5.91 Å². The summed E-state index contributed by atoms with van der Waals surface area (Å²) in [6.07, 6.45) is 1.40. The maximum atomic E-state index is 12.1. The molecule has 0 spiro atoms. The highest BCUT2D eigenvalue weighted by molar-refractivity contribution is 5.88. The van der Waals surface area contributed by atoms with E-state index in [2.05, 4.69) is 10.6 Å². The monoisotopic (exact) mass is 256 g/mol. The van der Waals surface area contributed by atoms with Crippen molar-refractivity contribution >= 4 is 11.9 Å². The Morgan fingerprint density at radius 3 is 2.50 bits per heavy atom. The van der Waals surface area contributed by atoms with Crippen molar-refractivity contribution in [3.8, 4) is 0 Å². The zero-order valence-corrected chi connectivity index (χ0v) is 11.7. The van der Waals surface area contributed by atoms with E-state index in [1.165, 1.54) is 7.11 Å². The maximum absolute atomic E-state index is 12.1. The molecule has 0 aliphatic carbocycles. The van der Waals surface area contributed by atoms with Gasteiger partial charge in [0.25, 0.3) is 0 Å². The minimum Gasteiger partial charge on any atom is -0.467 e. The van der Waals surface area contributed by atoms with Gasteiger partial charge in [-0.25, -0.2) is 4.79 Å². The first kappa shape index (κ1) is 15.0. The Morgan fingerprint density at radius 2 is 2.11 bits per heavy atom. The molecule has 1 aliphatic rings. The van der Waals surface area contributed by atoms with Crippen LogP contribution < -0.4 is 10.6 Å². The van der Waals surface area contributed by atoms with E-state index >= 15 is 0 Å². The quantitative estimate of drug-likeness (QED) is 0.686. The van der Waals surface area contributed by atoms with E-state index in [0.29, 0.717) is 12.3 Å². The number of rotatable bonds is 6. The molecule has 0 aromatic rings. The summed E-state index contributed by atoms with van der Waals surface area (Å²) in [6.45, 7) is 7.36. The van der Waals surface area contributed by atoms with Gasteiger partial charge < -0.3 is 15.4 Å². The van der Waals surface area contributed by atoms with Crippen LogP contribution in [0.2, 0.25) is 0 Å². The Kier molecular flexibility index (Phi) is 5.14. The smallest absolute Gasteiger partial charge is 0.331 e. The lowest BCUT2D eigenvalue weighted by Gasteiger charge is -2.35. The number of carbonyl (C=O) groups is 2. The van der Waals surface area contributed by atoms with Crippen molar-refractivity contribution in [3.05, 3.63) is 0 Å². The first-order valence-corrected chi connectivity index (χ1v) is 6.55. The highest BCUT2D eigenvalue weighted by Gasteiger charge is 2.38. The fourth-order valence-corrected chi connectivity index (χ4v) is 2.21. The second-order valence-electron chi connectivity index (χ2n) is 5.27. The Morgan fingerprint density at radius 1 is 1.50 bits per heavy atom. The Labute approximate surface area is 109 Å². The molecule has 0 aromatic heterocycles. The molecule has 0 radical (unpaired) electrons. The number of carbonyl (C=O) groups excluding carboxylic acids is 2. The molecule has 2 atom stereocenters. The van der Waals surface area contributed by atoms with Gasteiger partial charge in [-0.2, -0.15) is 0 Å². The Bertz CT molecular complexity index is 315. The van der Waals surface area contributed by atoms with Gasteiger partial charge in [-0.05, 0) is 32.4 Å². The molecule has 1 amide bonds. The van der Waals surface area contributed by atoms with Crippen LogP contribution in [0, 0.1) is 11.8 Å². The standard InChI is InChI=1S/C13H24N2O3/c1-5-6-13(3,12(17)18-4)15-11(16)9(2)10-7-14-8-10/h9-10,14H,5-8H2,1-4H3,(H,15,16). The third-order valence-electron chi connectivity index (χ3n) is 3.72. The normalized spacial score (nSPS) is 20.4. The van der Waals surface area contributed by atoms with Crippen molar-refractivity contribution in [1.82, 2.24) is 10.6 Å². The number of ether oxygens (including phenoxy) is 1. The number of hydrogen-bond acceptors (Lipinski definition) is 4. The summed E-state index contributed by atoms with van der Waals surface area (Å²) in [5.41, 5.74) is -0.911. The van der Waals surface area contributed by atoms with Crippen molar-refractivity contribution in [2.75, 3.05) is 20.2 Å². The van der Waals surface area contributed by atoms with E-state index in [0.717, 1.165) is 19.5 Å². The highest BCUT2D eigenvalue weighted by atomic mass is 16.5. The predicted molar refractivity (Wildman–Crippen MR) is 69.0 cm³/mol. The molecule has 5 heteroatoms. The summed E-state index contributed by atoms with van der Waals surface area (Å²) in [7, 11) is 1.35. The van der Waals surface area contributed by atoms with E-state index in [4.69, 9.17) is 4.74 Å². The van der Waals surface area contributed by atoms with Crippen molar-refractivity contribution in [2.24, 2.45) is 11.8 Å². The van der Waals surface area contributed by atoms with E-state index < -0.39 is 5.54 Å². The van der Waals surface area contributed by atoms with E-state index in [1.807, 2.05) is 13.8 Å². The van der Waals surface area contributed by atoms with Crippen molar-refractivity contribution < 1.29 is 14.3 Å².